The molecule has 2 aromatic rings. The van der Waals surface area contributed by atoms with Crippen LogP contribution in [0.4, 0.5) is 0 Å². The number of piperazine rings is 1. The highest BCUT2D eigenvalue weighted by Gasteiger charge is 2.32. The lowest BCUT2D eigenvalue weighted by Gasteiger charge is -2.41. The zero-order valence-electron chi connectivity index (χ0n) is 15.0. The van der Waals surface area contributed by atoms with E-state index in [9.17, 15) is 9.59 Å². The minimum Gasteiger partial charge on any atom is -0.337 e. The minimum atomic E-state index is -0.100. The normalized spacial score (nSPS) is 17.6. The van der Waals surface area contributed by atoms with E-state index in [1.807, 2.05) is 60.0 Å². The average molecular weight is 340 g/mol. The van der Waals surface area contributed by atoms with Gasteiger partial charge in [-0.1, -0.05) is 30.3 Å². The maximum absolute atomic E-state index is 12.7. The highest BCUT2D eigenvalue weighted by molar-refractivity contribution is 5.77. The number of carbonyl (C=O) groups is 2. The van der Waals surface area contributed by atoms with E-state index in [1.54, 1.807) is 11.6 Å². The van der Waals surface area contributed by atoms with E-state index in [0.717, 1.165) is 17.0 Å². The van der Waals surface area contributed by atoms with E-state index in [0.29, 0.717) is 19.6 Å². The maximum atomic E-state index is 12.7. The summed E-state index contributed by atoms with van der Waals surface area (Å²) in [5.74, 6) is 0.0785. The second-order valence-corrected chi connectivity index (χ2v) is 6.56. The van der Waals surface area contributed by atoms with Gasteiger partial charge in [0.2, 0.25) is 11.8 Å². The molecule has 1 saturated heterocycles. The van der Waals surface area contributed by atoms with Crippen LogP contribution >= 0.6 is 0 Å². The van der Waals surface area contributed by atoms with Gasteiger partial charge in [-0.2, -0.15) is 5.10 Å². The molecule has 3 rings (SSSR count). The fourth-order valence-electron chi connectivity index (χ4n) is 3.41. The molecule has 1 aromatic heterocycles. The molecule has 25 heavy (non-hydrogen) atoms. The molecule has 2 heterocycles. The molecule has 0 radical (unpaired) electrons. The Hall–Kier alpha value is -2.63. The number of hydrogen-bond donors (Lipinski definition) is 0. The third-order valence-corrected chi connectivity index (χ3v) is 4.71. The summed E-state index contributed by atoms with van der Waals surface area (Å²) in [5, 5.41) is 4.37. The monoisotopic (exact) mass is 340 g/mol. The van der Waals surface area contributed by atoms with Crippen molar-refractivity contribution in [3.63, 3.8) is 0 Å². The first-order valence-corrected chi connectivity index (χ1v) is 8.56. The lowest BCUT2D eigenvalue weighted by atomic mass is 10.0. The maximum Gasteiger partial charge on any atom is 0.244 e. The molecule has 0 N–H and O–H groups in total. The van der Waals surface area contributed by atoms with Crippen molar-refractivity contribution in [2.75, 3.05) is 19.6 Å². The van der Waals surface area contributed by atoms with Crippen LogP contribution < -0.4 is 0 Å². The first-order chi connectivity index (χ1) is 12.0. The number of carbonyl (C=O) groups excluding carboxylic acids is 2. The molecular formula is C19H24N4O2. The van der Waals surface area contributed by atoms with Crippen LogP contribution in [0.25, 0.3) is 0 Å². The van der Waals surface area contributed by atoms with Gasteiger partial charge in [0.15, 0.2) is 0 Å². The topological polar surface area (TPSA) is 58.4 Å². The highest BCUT2D eigenvalue weighted by atomic mass is 16.2. The van der Waals surface area contributed by atoms with Crippen molar-refractivity contribution in [2.24, 2.45) is 0 Å². The fourth-order valence-corrected chi connectivity index (χ4v) is 3.41. The van der Waals surface area contributed by atoms with Crippen LogP contribution in [-0.2, 0) is 16.1 Å². The van der Waals surface area contributed by atoms with Crippen molar-refractivity contribution in [3.05, 3.63) is 53.3 Å². The van der Waals surface area contributed by atoms with Gasteiger partial charge >= 0.3 is 0 Å². The Labute approximate surface area is 148 Å². The molecule has 0 spiro atoms. The fraction of sp³-hybridized carbons (Fsp3) is 0.421. The quantitative estimate of drug-likeness (QED) is 0.858. The third-order valence-electron chi connectivity index (χ3n) is 4.71. The van der Waals surface area contributed by atoms with E-state index in [4.69, 9.17) is 0 Å². The predicted octanol–water partition coefficient (Wildman–Crippen LogP) is 1.93. The Morgan fingerprint density at radius 3 is 2.48 bits per heavy atom. The average Bonchev–Trinajstić information content (AvgIpc) is 2.92. The summed E-state index contributed by atoms with van der Waals surface area (Å²) in [4.78, 5) is 28.4. The summed E-state index contributed by atoms with van der Waals surface area (Å²) in [7, 11) is 0. The molecule has 2 amide bonds. The van der Waals surface area contributed by atoms with Gasteiger partial charge in [0.05, 0.1) is 11.7 Å². The number of hydrogen-bond acceptors (Lipinski definition) is 3. The summed E-state index contributed by atoms with van der Waals surface area (Å²) in [6.45, 7) is 7.32. The Bertz CT molecular complexity index is 769. The van der Waals surface area contributed by atoms with E-state index in [1.165, 1.54) is 0 Å². The molecule has 1 aliphatic heterocycles. The lowest BCUT2D eigenvalue weighted by molar-refractivity contribution is -0.142. The van der Waals surface area contributed by atoms with Gasteiger partial charge in [0.25, 0.3) is 0 Å². The summed E-state index contributed by atoms with van der Waals surface area (Å²) < 4.78 is 1.74. The zero-order valence-corrected chi connectivity index (χ0v) is 15.0. The number of amides is 2. The molecule has 1 atom stereocenters. The molecule has 132 valence electrons. The molecule has 6 nitrogen and oxygen atoms in total. The van der Waals surface area contributed by atoms with Gasteiger partial charge in [-0.25, -0.2) is 0 Å². The molecule has 0 saturated carbocycles. The Kier molecular flexibility index (Phi) is 4.88. The van der Waals surface area contributed by atoms with Crippen LogP contribution in [0.3, 0.4) is 0 Å². The summed E-state index contributed by atoms with van der Waals surface area (Å²) in [5.41, 5.74) is 2.95. The van der Waals surface area contributed by atoms with Crippen LogP contribution in [0, 0.1) is 13.8 Å². The van der Waals surface area contributed by atoms with E-state index >= 15 is 0 Å². The lowest BCUT2D eigenvalue weighted by Crippen LogP contribution is -2.52. The SMILES string of the molecule is CC(=O)N1CCN(C(=O)Cn2nc(C)cc2C)CC1c1ccccc1. The van der Waals surface area contributed by atoms with Crippen molar-refractivity contribution >= 4 is 11.8 Å². The van der Waals surface area contributed by atoms with Crippen molar-refractivity contribution in [3.8, 4) is 0 Å². The predicted molar refractivity (Wildman–Crippen MR) is 94.9 cm³/mol. The summed E-state index contributed by atoms with van der Waals surface area (Å²) in [6.07, 6.45) is 0. The van der Waals surface area contributed by atoms with Crippen LogP contribution in [-0.4, -0.2) is 51.0 Å². The van der Waals surface area contributed by atoms with Crippen molar-refractivity contribution in [1.29, 1.82) is 0 Å². The molecule has 0 bridgehead atoms. The summed E-state index contributed by atoms with van der Waals surface area (Å²) >= 11 is 0. The number of benzene rings is 1. The largest absolute Gasteiger partial charge is 0.337 e. The molecule has 1 unspecified atom stereocenters. The Balaban J connectivity index is 1.76. The molecule has 0 aliphatic carbocycles. The van der Waals surface area contributed by atoms with Crippen molar-refractivity contribution in [1.82, 2.24) is 19.6 Å². The second kappa shape index (κ2) is 7.09. The van der Waals surface area contributed by atoms with Crippen LogP contribution in [0.15, 0.2) is 36.4 Å². The van der Waals surface area contributed by atoms with Gasteiger partial charge < -0.3 is 9.80 Å². The first-order valence-electron chi connectivity index (χ1n) is 8.56. The van der Waals surface area contributed by atoms with Gasteiger partial charge in [0.1, 0.15) is 6.54 Å². The number of aryl methyl sites for hydroxylation is 2. The van der Waals surface area contributed by atoms with Crippen LogP contribution in [0.2, 0.25) is 0 Å². The molecule has 1 aliphatic rings. The minimum absolute atomic E-state index is 0.0373. The van der Waals surface area contributed by atoms with Crippen LogP contribution in [0.5, 0.6) is 0 Å². The standard InChI is InChI=1S/C19H24N4O2/c1-14-11-15(2)23(20-14)13-19(25)21-9-10-22(16(3)24)18(12-21)17-7-5-4-6-8-17/h4-8,11,18H,9-10,12-13H2,1-3H3. The smallest absolute Gasteiger partial charge is 0.244 e. The molecule has 1 fully saturated rings. The highest BCUT2D eigenvalue weighted by Crippen LogP contribution is 2.25. The van der Waals surface area contributed by atoms with Crippen molar-refractivity contribution in [2.45, 2.75) is 33.4 Å². The van der Waals surface area contributed by atoms with Crippen molar-refractivity contribution < 1.29 is 9.59 Å². The van der Waals surface area contributed by atoms with E-state index in [2.05, 4.69) is 5.10 Å². The van der Waals surface area contributed by atoms with Crippen LogP contribution in [0.1, 0.15) is 29.9 Å². The van der Waals surface area contributed by atoms with Gasteiger partial charge in [-0.3, -0.25) is 14.3 Å². The second-order valence-electron chi connectivity index (χ2n) is 6.56. The molecule has 6 heteroatoms. The van der Waals surface area contributed by atoms with Gasteiger partial charge in [-0.05, 0) is 25.5 Å². The number of nitrogens with zero attached hydrogens (tertiary/aromatic N) is 4. The Morgan fingerprint density at radius 1 is 1.16 bits per heavy atom. The summed E-state index contributed by atoms with van der Waals surface area (Å²) in [6, 6.07) is 11.8. The third kappa shape index (κ3) is 3.73. The van der Waals surface area contributed by atoms with Gasteiger partial charge in [-0.15, -0.1) is 0 Å². The number of aromatic nitrogens is 2. The van der Waals surface area contributed by atoms with Gasteiger partial charge in [0, 0.05) is 32.3 Å². The van der Waals surface area contributed by atoms with E-state index in [-0.39, 0.29) is 24.4 Å². The first kappa shape index (κ1) is 17.2. The van der Waals surface area contributed by atoms with E-state index < -0.39 is 0 Å². The molecular weight excluding hydrogens is 316 g/mol. The Morgan fingerprint density at radius 2 is 1.88 bits per heavy atom. The zero-order chi connectivity index (χ0) is 18.0. The number of rotatable bonds is 3. The molecule has 1 aromatic carbocycles.